The first-order valence-electron chi connectivity index (χ1n) is 4.67. The van der Waals surface area contributed by atoms with Gasteiger partial charge >= 0.3 is 11.9 Å². The van der Waals surface area contributed by atoms with Crippen LogP contribution in [0.4, 0.5) is 5.13 Å². The summed E-state index contributed by atoms with van der Waals surface area (Å²) in [5.41, 5.74) is 1.31. The van der Waals surface area contributed by atoms with Crippen LogP contribution in [0, 0.1) is 0 Å². The molecule has 1 aromatic rings. The van der Waals surface area contributed by atoms with Crippen LogP contribution in [0.3, 0.4) is 0 Å². The number of carbonyl (C=O) groups is 2. The zero-order valence-electron chi connectivity index (χ0n) is 9.09. The summed E-state index contributed by atoms with van der Waals surface area (Å²) in [7, 11) is 0. The zero-order chi connectivity index (χ0) is 12.5. The quantitative estimate of drug-likeness (QED) is 0.472. The molecule has 1 saturated heterocycles. The molecule has 90 valence electrons. The summed E-state index contributed by atoms with van der Waals surface area (Å²) in [6.45, 7) is 2.97. The Kier molecular flexibility index (Phi) is 2.80. The summed E-state index contributed by atoms with van der Waals surface area (Å²) >= 11 is 1.23. The highest BCUT2D eigenvalue weighted by Crippen LogP contribution is 2.22. The number of nitrogens with zero attached hydrogens (tertiary/aromatic N) is 2. The van der Waals surface area contributed by atoms with E-state index in [9.17, 15) is 9.59 Å². The molecule has 0 unspecified atom stereocenters. The van der Waals surface area contributed by atoms with Gasteiger partial charge in [0.15, 0.2) is 5.57 Å². The molecular formula is C9H9N3O4S. The number of anilines is 1. The van der Waals surface area contributed by atoms with Crippen LogP contribution in [0.1, 0.15) is 13.8 Å². The van der Waals surface area contributed by atoms with Gasteiger partial charge in [-0.3, -0.25) is 0 Å². The van der Waals surface area contributed by atoms with Crippen molar-refractivity contribution in [2.24, 2.45) is 0 Å². The first kappa shape index (κ1) is 11.5. The molecule has 1 aliphatic heterocycles. The standard InChI is InChI=1S/C9H9N3O4S/c1-9(2)15-6(13)5(7(14)16-9)3-10-8-12-11-4-17-8/h3-4H,1-2H3,(H,10,12). The molecule has 0 spiro atoms. The Morgan fingerprint density at radius 1 is 1.35 bits per heavy atom. The van der Waals surface area contributed by atoms with Crippen molar-refractivity contribution in [1.82, 2.24) is 10.2 Å². The van der Waals surface area contributed by atoms with Crippen LogP contribution in [0.2, 0.25) is 0 Å². The maximum absolute atomic E-state index is 11.5. The van der Waals surface area contributed by atoms with E-state index >= 15 is 0 Å². The van der Waals surface area contributed by atoms with Gasteiger partial charge in [0.25, 0.3) is 5.79 Å². The minimum Gasteiger partial charge on any atom is -0.419 e. The lowest BCUT2D eigenvalue weighted by Gasteiger charge is -2.29. The van der Waals surface area contributed by atoms with Gasteiger partial charge in [0.05, 0.1) is 0 Å². The van der Waals surface area contributed by atoms with Crippen molar-refractivity contribution in [2.75, 3.05) is 5.32 Å². The Labute approximate surface area is 100 Å². The second-order valence-electron chi connectivity index (χ2n) is 3.63. The fourth-order valence-electron chi connectivity index (χ4n) is 1.15. The van der Waals surface area contributed by atoms with E-state index in [4.69, 9.17) is 9.47 Å². The van der Waals surface area contributed by atoms with E-state index in [-0.39, 0.29) is 5.57 Å². The van der Waals surface area contributed by atoms with Crippen LogP contribution < -0.4 is 5.32 Å². The average molecular weight is 255 g/mol. The zero-order valence-corrected chi connectivity index (χ0v) is 9.91. The molecule has 1 aromatic heterocycles. The molecule has 2 heterocycles. The molecule has 1 aliphatic rings. The van der Waals surface area contributed by atoms with E-state index in [1.807, 2.05) is 0 Å². The minimum absolute atomic E-state index is 0.209. The second-order valence-corrected chi connectivity index (χ2v) is 4.46. The molecule has 0 radical (unpaired) electrons. The number of rotatable bonds is 2. The van der Waals surface area contributed by atoms with Gasteiger partial charge in [-0.1, -0.05) is 11.3 Å². The van der Waals surface area contributed by atoms with Gasteiger partial charge in [0.2, 0.25) is 5.13 Å². The van der Waals surface area contributed by atoms with Crippen molar-refractivity contribution in [1.29, 1.82) is 0 Å². The number of nitrogens with one attached hydrogen (secondary N) is 1. The van der Waals surface area contributed by atoms with E-state index < -0.39 is 17.7 Å². The number of carbonyl (C=O) groups excluding carboxylic acids is 2. The highest BCUT2D eigenvalue weighted by atomic mass is 32.1. The van der Waals surface area contributed by atoms with Crippen LogP contribution in [0.25, 0.3) is 0 Å². The lowest BCUT2D eigenvalue weighted by Crippen LogP contribution is -2.42. The van der Waals surface area contributed by atoms with Gasteiger partial charge < -0.3 is 14.8 Å². The van der Waals surface area contributed by atoms with Crippen LogP contribution >= 0.6 is 11.3 Å². The van der Waals surface area contributed by atoms with Gasteiger partial charge in [-0.15, -0.1) is 10.2 Å². The van der Waals surface area contributed by atoms with Gasteiger partial charge in [-0.2, -0.15) is 0 Å². The second kappa shape index (κ2) is 4.13. The molecule has 17 heavy (non-hydrogen) atoms. The molecule has 1 fully saturated rings. The number of hydrogen-bond donors (Lipinski definition) is 1. The van der Waals surface area contributed by atoms with Crippen molar-refractivity contribution >= 4 is 28.4 Å². The van der Waals surface area contributed by atoms with E-state index in [1.54, 1.807) is 0 Å². The first-order valence-corrected chi connectivity index (χ1v) is 5.55. The van der Waals surface area contributed by atoms with Crippen LogP contribution in [0.15, 0.2) is 17.3 Å². The van der Waals surface area contributed by atoms with E-state index in [0.29, 0.717) is 5.13 Å². The Morgan fingerprint density at radius 3 is 2.53 bits per heavy atom. The average Bonchev–Trinajstić information content (AvgIpc) is 2.67. The third-order valence-corrected chi connectivity index (χ3v) is 2.44. The Morgan fingerprint density at radius 2 is 2.00 bits per heavy atom. The monoisotopic (exact) mass is 255 g/mol. The molecule has 0 amide bonds. The molecule has 0 saturated carbocycles. The van der Waals surface area contributed by atoms with Gasteiger partial charge in [0.1, 0.15) is 5.51 Å². The minimum atomic E-state index is -1.23. The molecule has 7 nitrogen and oxygen atoms in total. The smallest absolute Gasteiger partial charge is 0.350 e. The van der Waals surface area contributed by atoms with Crippen molar-refractivity contribution in [3.05, 3.63) is 17.3 Å². The van der Waals surface area contributed by atoms with Gasteiger partial charge in [0, 0.05) is 20.0 Å². The Hall–Kier alpha value is -1.96. The lowest BCUT2D eigenvalue weighted by molar-refractivity contribution is -0.222. The predicted molar refractivity (Wildman–Crippen MR) is 57.9 cm³/mol. The normalized spacial score (nSPS) is 18.4. The number of ether oxygens (including phenoxy) is 2. The van der Waals surface area contributed by atoms with Crippen LogP contribution in [-0.4, -0.2) is 27.9 Å². The van der Waals surface area contributed by atoms with Gasteiger partial charge in [-0.25, -0.2) is 9.59 Å². The number of esters is 2. The highest BCUT2D eigenvalue weighted by molar-refractivity contribution is 7.13. The topological polar surface area (TPSA) is 90.4 Å². The molecular weight excluding hydrogens is 246 g/mol. The van der Waals surface area contributed by atoms with E-state index in [2.05, 4.69) is 15.5 Å². The van der Waals surface area contributed by atoms with Crippen LogP contribution in [-0.2, 0) is 19.1 Å². The fraction of sp³-hybridized carbons (Fsp3) is 0.333. The molecule has 8 heteroatoms. The Balaban J connectivity index is 2.13. The summed E-state index contributed by atoms with van der Waals surface area (Å²) < 4.78 is 9.81. The first-order chi connectivity index (χ1) is 7.98. The van der Waals surface area contributed by atoms with Crippen molar-refractivity contribution in [2.45, 2.75) is 19.6 Å². The van der Waals surface area contributed by atoms with Crippen LogP contribution in [0.5, 0.6) is 0 Å². The maximum Gasteiger partial charge on any atom is 0.350 e. The molecule has 0 aromatic carbocycles. The third kappa shape index (κ3) is 2.59. The van der Waals surface area contributed by atoms with Crippen molar-refractivity contribution < 1.29 is 19.1 Å². The highest BCUT2D eigenvalue weighted by Gasteiger charge is 2.38. The third-order valence-electron chi connectivity index (χ3n) is 1.82. The van der Waals surface area contributed by atoms with E-state index in [0.717, 1.165) is 0 Å². The lowest BCUT2D eigenvalue weighted by atomic mass is 10.2. The number of hydrogen-bond acceptors (Lipinski definition) is 8. The SMILES string of the molecule is CC1(C)OC(=O)C(=CNc2nncs2)C(=O)O1. The van der Waals surface area contributed by atoms with Crippen molar-refractivity contribution in [3.8, 4) is 0 Å². The predicted octanol–water partition coefficient (Wildman–Crippen LogP) is 0.670. The van der Waals surface area contributed by atoms with E-state index in [1.165, 1.54) is 36.9 Å². The van der Waals surface area contributed by atoms with Gasteiger partial charge in [-0.05, 0) is 0 Å². The molecule has 0 aliphatic carbocycles. The maximum atomic E-state index is 11.5. The fourth-order valence-corrected chi connectivity index (χ4v) is 1.56. The molecule has 2 rings (SSSR count). The summed E-state index contributed by atoms with van der Waals surface area (Å²) in [5, 5.41) is 10.4. The summed E-state index contributed by atoms with van der Waals surface area (Å²) in [5.74, 6) is -2.69. The van der Waals surface area contributed by atoms with Crippen molar-refractivity contribution in [3.63, 3.8) is 0 Å². The number of cyclic esters (lactones) is 2. The largest absolute Gasteiger partial charge is 0.419 e. The number of aromatic nitrogens is 2. The summed E-state index contributed by atoms with van der Waals surface area (Å²) in [6, 6.07) is 0. The summed E-state index contributed by atoms with van der Waals surface area (Å²) in [6.07, 6.45) is 1.19. The summed E-state index contributed by atoms with van der Waals surface area (Å²) in [4.78, 5) is 23.0. The molecule has 1 N–H and O–H groups in total. The molecule has 0 bridgehead atoms. The molecule has 0 atom stereocenters. The Bertz CT molecular complexity index is 458.